The van der Waals surface area contributed by atoms with Crippen molar-refractivity contribution in [3.63, 3.8) is 0 Å². The van der Waals surface area contributed by atoms with Crippen molar-refractivity contribution < 1.29 is 9.53 Å². The summed E-state index contributed by atoms with van der Waals surface area (Å²) >= 11 is 0. The lowest BCUT2D eigenvalue weighted by Crippen LogP contribution is -2.61. The van der Waals surface area contributed by atoms with Crippen LogP contribution in [0.2, 0.25) is 0 Å². The van der Waals surface area contributed by atoms with E-state index in [-0.39, 0.29) is 35.9 Å². The van der Waals surface area contributed by atoms with Crippen LogP contribution in [-0.2, 0) is 11.3 Å². The molecule has 20 heavy (non-hydrogen) atoms. The molecular formula is C15H23ClN2O2. The molecule has 5 heteroatoms. The third-order valence-electron chi connectivity index (χ3n) is 4.22. The van der Waals surface area contributed by atoms with E-state index in [4.69, 9.17) is 10.5 Å². The van der Waals surface area contributed by atoms with E-state index in [0.29, 0.717) is 12.1 Å². The summed E-state index contributed by atoms with van der Waals surface area (Å²) in [6.07, 6.45) is 1.09. The summed E-state index contributed by atoms with van der Waals surface area (Å²) < 4.78 is 5.38. The molecule has 112 valence electrons. The first-order valence-corrected chi connectivity index (χ1v) is 6.61. The molecule has 2 unspecified atom stereocenters. The monoisotopic (exact) mass is 298 g/mol. The zero-order valence-corrected chi connectivity index (χ0v) is 13.0. The Morgan fingerprint density at radius 3 is 2.45 bits per heavy atom. The highest BCUT2D eigenvalue weighted by Crippen LogP contribution is 2.42. The number of ether oxygens (including phenoxy) is 1. The van der Waals surface area contributed by atoms with E-state index in [1.807, 2.05) is 24.3 Å². The highest BCUT2D eigenvalue weighted by molar-refractivity contribution is 5.94. The molecule has 4 nitrogen and oxygen atoms in total. The second-order valence-corrected chi connectivity index (χ2v) is 5.71. The Kier molecular flexibility index (Phi) is 5.57. The van der Waals surface area contributed by atoms with Crippen molar-refractivity contribution in [3.05, 3.63) is 35.4 Å². The Balaban J connectivity index is 0.00000200. The molecule has 1 fully saturated rings. The van der Waals surface area contributed by atoms with Gasteiger partial charge in [-0.15, -0.1) is 12.4 Å². The van der Waals surface area contributed by atoms with E-state index in [9.17, 15) is 4.79 Å². The van der Waals surface area contributed by atoms with Crippen molar-refractivity contribution in [2.75, 3.05) is 7.11 Å². The summed E-state index contributed by atoms with van der Waals surface area (Å²) in [6.45, 7) is 4.73. The van der Waals surface area contributed by atoms with Gasteiger partial charge in [-0.05, 0) is 24.1 Å². The number of rotatable bonds is 4. The first kappa shape index (κ1) is 17.0. The van der Waals surface area contributed by atoms with Gasteiger partial charge in [-0.3, -0.25) is 4.79 Å². The standard InChI is InChI=1S/C15H22N2O2.ClH/c1-15(2)12(8-13(15)19-3)17-14(18)11-6-4-10(9-16)5-7-11;/h4-7,12-13H,8-9,16H2,1-3H3,(H,17,18);1H. The fourth-order valence-corrected chi connectivity index (χ4v) is 2.56. The van der Waals surface area contributed by atoms with Crippen LogP contribution in [-0.4, -0.2) is 25.2 Å². The van der Waals surface area contributed by atoms with Gasteiger partial charge < -0.3 is 15.8 Å². The molecule has 1 saturated carbocycles. The average molecular weight is 299 g/mol. The maximum atomic E-state index is 12.1. The lowest BCUT2D eigenvalue weighted by atomic mass is 9.64. The van der Waals surface area contributed by atoms with Gasteiger partial charge in [-0.1, -0.05) is 26.0 Å². The molecular weight excluding hydrogens is 276 g/mol. The maximum absolute atomic E-state index is 12.1. The Morgan fingerprint density at radius 1 is 1.40 bits per heavy atom. The molecule has 0 radical (unpaired) electrons. The number of nitrogens with two attached hydrogens (primary N) is 1. The number of nitrogens with one attached hydrogen (secondary N) is 1. The van der Waals surface area contributed by atoms with Crippen LogP contribution in [0.25, 0.3) is 0 Å². The van der Waals surface area contributed by atoms with Gasteiger partial charge >= 0.3 is 0 Å². The first-order valence-electron chi connectivity index (χ1n) is 6.61. The Morgan fingerprint density at radius 2 is 2.00 bits per heavy atom. The van der Waals surface area contributed by atoms with E-state index in [0.717, 1.165) is 12.0 Å². The predicted octanol–water partition coefficient (Wildman–Crippen LogP) is 2.11. The van der Waals surface area contributed by atoms with Gasteiger partial charge in [-0.25, -0.2) is 0 Å². The topological polar surface area (TPSA) is 64.3 Å². The van der Waals surface area contributed by atoms with Gasteiger partial charge in [0.2, 0.25) is 0 Å². The molecule has 0 spiro atoms. The van der Waals surface area contributed by atoms with Crippen molar-refractivity contribution in [3.8, 4) is 0 Å². The molecule has 2 atom stereocenters. The summed E-state index contributed by atoms with van der Waals surface area (Å²) in [5, 5.41) is 3.07. The molecule has 1 amide bonds. The number of hydrogen-bond acceptors (Lipinski definition) is 3. The minimum absolute atomic E-state index is 0. The van der Waals surface area contributed by atoms with Crippen LogP contribution in [0, 0.1) is 5.41 Å². The molecule has 3 N–H and O–H groups in total. The SMILES string of the molecule is COC1CC(NC(=O)c2ccc(CN)cc2)C1(C)C.Cl. The molecule has 1 aromatic rings. The third-order valence-corrected chi connectivity index (χ3v) is 4.22. The second-order valence-electron chi connectivity index (χ2n) is 5.71. The predicted molar refractivity (Wildman–Crippen MR) is 82.0 cm³/mol. The van der Waals surface area contributed by atoms with Crippen molar-refractivity contribution in [1.29, 1.82) is 0 Å². The minimum Gasteiger partial charge on any atom is -0.381 e. The van der Waals surface area contributed by atoms with Gasteiger partial charge in [0.25, 0.3) is 5.91 Å². The molecule has 0 saturated heterocycles. The summed E-state index contributed by atoms with van der Waals surface area (Å²) in [4.78, 5) is 12.1. The van der Waals surface area contributed by atoms with Crippen molar-refractivity contribution in [2.45, 2.75) is 39.0 Å². The van der Waals surface area contributed by atoms with Gasteiger partial charge in [-0.2, -0.15) is 0 Å². The lowest BCUT2D eigenvalue weighted by molar-refractivity contribution is -0.0942. The molecule has 1 aliphatic carbocycles. The Labute approximate surface area is 126 Å². The van der Waals surface area contributed by atoms with E-state index in [1.165, 1.54) is 0 Å². The highest BCUT2D eigenvalue weighted by Gasteiger charge is 2.49. The van der Waals surface area contributed by atoms with Gasteiger partial charge in [0.15, 0.2) is 0 Å². The Hall–Kier alpha value is -1.10. The largest absolute Gasteiger partial charge is 0.381 e. The quantitative estimate of drug-likeness (QED) is 0.895. The lowest BCUT2D eigenvalue weighted by Gasteiger charge is -2.51. The van der Waals surface area contributed by atoms with E-state index in [1.54, 1.807) is 7.11 Å². The van der Waals surface area contributed by atoms with E-state index >= 15 is 0 Å². The number of halogens is 1. The zero-order valence-electron chi connectivity index (χ0n) is 12.2. The van der Waals surface area contributed by atoms with Crippen LogP contribution in [0.1, 0.15) is 36.2 Å². The van der Waals surface area contributed by atoms with Crippen molar-refractivity contribution >= 4 is 18.3 Å². The number of carbonyl (C=O) groups is 1. The number of hydrogen-bond donors (Lipinski definition) is 2. The Bertz CT molecular complexity index is 459. The first-order chi connectivity index (χ1) is 8.98. The summed E-state index contributed by atoms with van der Waals surface area (Å²) in [7, 11) is 1.72. The van der Waals surface area contributed by atoms with E-state index in [2.05, 4.69) is 19.2 Å². The smallest absolute Gasteiger partial charge is 0.251 e. The third kappa shape index (κ3) is 3.14. The maximum Gasteiger partial charge on any atom is 0.251 e. The molecule has 1 aromatic carbocycles. The van der Waals surface area contributed by atoms with Crippen molar-refractivity contribution in [2.24, 2.45) is 11.1 Å². The number of amides is 1. The van der Waals surface area contributed by atoms with Crippen molar-refractivity contribution in [1.82, 2.24) is 5.32 Å². The van der Waals surface area contributed by atoms with Crippen LogP contribution in [0.3, 0.4) is 0 Å². The normalized spacial score (nSPS) is 23.4. The molecule has 0 bridgehead atoms. The van der Waals surface area contributed by atoms with E-state index < -0.39 is 0 Å². The summed E-state index contributed by atoms with van der Waals surface area (Å²) in [5.74, 6) is -0.0313. The van der Waals surface area contributed by atoms with Gasteiger partial charge in [0.05, 0.1) is 6.10 Å². The number of methoxy groups -OCH3 is 1. The number of benzene rings is 1. The average Bonchev–Trinajstić information content (AvgIpc) is 2.42. The van der Waals surface area contributed by atoms with Crippen LogP contribution in [0.15, 0.2) is 24.3 Å². The molecule has 1 aliphatic rings. The van der Waals surface area contributed by atoms with Gasteiger partial charge in [0.1, 0.15) is 0 Å². The van der Waals surface area contributed by atoms with Crippen LogP contribution < -0.4 is 11.1 Å². The van der Waals surface area contributed by atoms with Gasteiger partial charge in [0, 0.05) is 30.7 Å². The molecule has 0 heterocycles. The highest BCUT2D eigenvalue weighted by atomic mass is 35.5. The summed E-state index contributed by atoms with van der Waals surface area (Å²) in [6, 6.07) is 7.57. The fraction of sp³-hybridized carbons (Fsp3) is 0.533. The minimum atomic E-state index is -0.0313. The second kappa shape index (κ2) is 6.57. The molecule has 0 aliphatic heterocycles. The molecule has 0 aromatic heterocycles. The number of carbonyl (C=O) groups excluding carboxylic acids is 1. The fourth-order valence-electron chi connectivity index (χ4n) is 2.56. The molecule has 2 rings (SSSR count). The van der Waals surface area contributed by atoms with Crippen LogP contribution in [0.5, 0.6) is 0 Å². The van der Waals surface area contributed by atoms with Crippen LogP contribution >= 0.6 is 12.4 Å². The zero-order chi connectivity index (χ0) is 14.0. The summed E-state index contributed by atoms with van der Waals surface area (Å²) in [5.41, 5.74) is 7.23. The van der Waals surface area contributed by atoms with Crippen LogP contribution in [0.4, 0.5) is 0 Å².